The fraction of sp³-hybridized carbons (Fsp3) is 0.273. The van der Waals surface area contributed by atoms with Gasteiger partial charge in [0.15, 0.2) is 0 Å². The van der Waals surface area contributed by atoms with Gasteiger partial charge < -0.3 is 0 Å². The number of aryl methyl sites for hydroxylation is 2. The smallest absolute Gasteiger partial charge is 0.0568 e. The zero-order valence-corrected chi connectivity index (χ0v) is 8.44. The Balaban J connectivity index is 2.41. The number of hydrogen-bond donors (Lipinski definition) is 0. The molecule has 0 spiro atoms. The van der Waals surface area contributed by atoms with Gasteiger partial charge in [0.2, 0.25) is 0 Å². The van der Waals surface area contributed by atoms with Crippen LogP contribution in [0.25, 0.3) is 11.1 Å². The number of hydrogen-bond acceptors (Lipinski definition) is 2. The third-order valence-electron chi connectivity index (χ3n) is 2.22. The Morgan fingerprint density at radius 2 is 2.21 bits per heavy atom. The summed E-state index contributed by atoms with van der Waals surface area (Å²) >= 11 is 0. The molecule has 72 valence electrons. The SMILES string of the molecule is CCc1cc(-c2cnn(C)c2)ccn1. The van der Waals surface area contributed by atoms with E-state index in [-0.39, 0.29) is 0 Å². The third-order valence-corrected chi connectivity index (χ3v) is 2.22. The molecule has 0 atom stereocenters. The molecule has 2 rings (SSSR count). The third kappa shape index (κ3) is 1.66. The van der Waals surface area contributed by atoms with Crippen LogP contribution in [0.15, 0.2) is 30.7 Å². The Morgan fingerprint density at radius 3 is 2.86 bits per heavy atom. The number of nitrogens with zero attached hydrogens (tertiary/aromatic N) is 3. The highest BCUT2D eigenvalue weighted by molar-refractivity contribution is 5.61. The summed E-state index contributed by atoms with van der Waals surface area (Å²) in [6, 6.07) is 4.12. The molecule has 2 aromatic rings. The maximum Gasteiger partial charge on any atom is 0.0568 e. The maximum absolute atomic E-state index is 4.26. The van der Waals surface area contributed by atoms with Gasteiger partial charge in [-0.2, -0.15) is 5.10 Å². The van der Waals surface area contributed by atoms with Crippen molar-refractivity contribution in [2.75, 3.05) is 0 Å². The molecule has 0 aliphatic rings. The molecular weight excluding hydrogens is 174 g/mol. The monoisotopic (exact) mass is 187 g/mol. The molecule has 0 saturated carbocycles. The molecule has 0 aromatic carbocycles. The first-order valence-electron chi connectivity index (χ1n) is 4.73. The molecule has 2 aromatic heterocycles. The summed E-state index contributed by atoms with van der Waals surface area (Å²) in [5.41, 5.74) is 3.45. The van der Waals surface area contributed by atoms with Gasteiger partial charge in [-0.05, 0) is 24.1 Å². The average molecular weight is 187 g/mol. The van der Waals surface area contributed by atoms with Crippen molar-refractivity contribution in [3.63, 3.8) is 0 Å². The van der Waals surface area contributed by atoms with E-state index in [1.807, 2.05) is 31.7 Å². The summed E-state index contributed by atoms with van der Waals surface area (Å²) in [7, 11) is 1.92. The lowest BCUT2D eigenvalue weighted by Crippen LogP contribution is -1.86. The summed E-state index contributed by atoms with van der Waals surface area (Å²) in [6.07, 6.45) is 6.69. The predicted octanol–water partition coefficient (Wildman–Crippen LogP) is 2.04. The van der Waals surface area contributed by atoms with Gasteiger partial charge in [-0.25, -0.2) is 0 Å². The van der Waals surface area contributed by atoms with E-state index >= 15 is 0 Å². The van der Waals surface area contributed by atoms with E-state index in [1.165, 1.54) is 5.56 Å². The zero-order valence-electron chi connectivity index (χ0n) is 8.44. The van der Waals surface area contributed by atoms with Crippen LogP contribution in [0.4, 0.5) is 0 Å². The first-order valence-corrected chi connectivity index (χ1v) is 4.73. The van der Waals surface area contributed by atoms with Crippen LogP contribution in [-0.4, -0.2) is 14.8 Å². The Labute approximate surface area is 83.4 Å². The minimum atomic E-state index is 0.966. The van der Waals surface area contributed by atoms with Gasteiger partial charge in [0, 0.05) is 30.7 Å². The van der Waals surface area contributed by atoms with Crippen LogP contribution in [0.5, 0.6) is 0 Å². The highest BCUT2D eigenvalue weighted by Gasteiger charge is 2.00. The van der Waals surface area contributed by atoms with Crippen molar-refractivity contribution in [3.8, 4) is 11.1 Å². The Kier molecular flexibility index (Phi) is 2.31. The van der Waals surface area contributed by atoms with Crippen LogP contribution in [-0.2, 0) is 13.5 Å². The quantitative estimate of drug-likeness (QED) is 0.720. The van der Waals surface area contributed by atoms with Crippen molar-refractivity contribution in [1.29, 1.82) is 0 Å². The van der Waals surface area contributed by atoms with Gasteiger partial charge in [0.1, 0.15) is 0 Å². The normalized spacial score (nSPS) is 10.4. The second-order valence-corrected chi connectivity index (χ2v) is 3.29. The van der Waals surface area contributed by atoms with Crippen molar-refractivity contribution in [2.24, 2.45) is 7.05 Å². The van der Waals surface area contributed by atoms with Crippen LogP contribution in [0.3, 0.4) is 0 Å². The van der Waals surface area contributed by atoms with Gasteiger partial charge in [-0.1, -0.05) is 6.92 Å². The average Bonchev–Trinajstić information content (AvgIpc) is 2.65. The summed E-state index contributed by atoms with van der Waals surface area (Å²) in [5.74, 6) is 0. The Morgan fingerprint density at radius 1 is 1.36 bits per heavy atom. The van der Waals surface area contributed by atoms with E-state index in [2.05, 4.69) is 23.1 Å². The molecule has 0 N–H and O–H groups in total. The first kappa shape index (κ1) is 8.94. The number of rotatable bonds is 2. The maximum atomic E-state index is 4.26. The van der Waals surface area contributed by atoms with Crippen LogP contribution in [0.1, 0.15) is 12.6 Å². The van der Waals surface area contributed by atoms with Crippen molar-refractivity contribution in [3.05, 3.63) is 36.4 Å². The molecule has 3 nitrogen and oxygen atoms in total. The molecule has 2 heterocycles. The predicted molar refractivity (Wildman–Crippen MR) is 55.8 cm³/mol. The van der Waals surface area contributed by atoms with E-state index in [9.17, 15) is 0 Å². The van der Waals surface area contributed by atoms with E-state index in [0.29, 0.717) is 0 Å². The molecule has 0 bridgehead atoms. The van der Waals surface area contributed by atoms with Gasteiger partial charge in [-0.15, -0.1) is 0 Å². The van der Waals surface area contributed by atoms with Gasteiger partial charge in [0.25, 0.3) is 0 Å². The summed E-state index contributed by atoms with van der Waals surface area (Å²) in [6.45, 7) is 2.11. The fourth-order valence-corrected chi connectivity index (χ4v) is 1.42. The Hall–Kier alpha value is -1.64. The first-order chi connectivity index (χ1) is 6.79. The molecule has 0 saturated heterocycles. The second kappa shape index (κ2) is 3.62. The minimum Gasteiger partial charge on any atom is -0.275 e. The topological polar surface area (TPSA) is 30.7 Å². The summed E-state index contributed by atoms with van der Waals surface area (Å²) in [4.78, 5) is 4.26. The molecule has 0 fully saturated rings. The zero-order chi connectivity index (χ0) is 9.97. The fourth-order valence-electron chi connectivity index (χ4n) is 1.42. The number of aromatic nitrogens is 3. The standard InChI is InChI=1S/C11H13N3/c1-3-11-6-9(4-5-12-11)10-7-13-14(2)8-10/h4-8H,3H2,1-2H3. The molecule has 3 heteroatoms. The Bertz CT molecular complexity index is 432. The van der Waals surface area contributed by atoms with E-state index in [0.717, 1.165) is 17.7 Å². The van der Waals surface area contributed by atoms with Crippen molar-refractivity contribution in [1.82, 2.24) is 14.8 Å². The lowest BCUT2D eigenvalue weighted by Gasteiger charge is -1.99. The lowest BCUT2D eigenvalue weighted by molar-refractivity contribution is 0.768. The molecule has 0 aliphatic heterocycles. The lowest BCUT2D eigenvalue weighted by atomic mass is 10.1. The van der Waals surface area contributed by atoms with Gasteiger partial charge in [0.05, 0.1) is 6.20 Å². The van der Waals surface area contributed by atoms with Crippen LogP contribution in [0.2, 0.25) is 0 Å². The molecule has 0 radical (unpaired) electrons. The number of pyridine rings is 1. The van der Waals surface area contributed by atoms with E-state index in [4.69, 9.17) is 0 Å². The van der Waals surface area contributed by atoms with E-state index < -0.39 is 0 Å². The van der Waals surface area contributed by atoms with Crippen molar-refractivity contribution >= 4 is 0 Å². The largest absolute Gasteiger partial charge is 0.275 e. The van der Waals surface area contributed by atoms with Crippen molar-refractivity contribution < 1.29 is 0 Å². The summed E-state index contributed by atoms with van der Waals surface area (Å²) in [5, 5.41) is 4.14. The highest BCUT2D eigenvalue weighted by Crippen LogP contribution is 2.18. The minimum absolute atomic E-state index is 0.966. The van der Waals surface area contributed by atoms with Gasteiger partial charge >= 0.3 is 0 Å². The molecule has 0 unspecified atom stereocenters. The molecule has 0 aliphatic carbocycles. The van der Waals surface area contributed by atoms with Crippen LogP contribution < -0.4 is 0 Å². The second-order valence-electron chi connectivity index (χ2n) is 3.29. The van der Waals surface area contributed by atoms with Crippen molar-refractivity contribution in [2.45, 2.75) is 13.3 Å². The van der Waals surface area contributed by atoms with Gasteiger partial charge in [-0.3, -0.25) is 9.67 Å². The molecule has 14 heavy (non-hydrogen) atoms. The van der Waals surface area contributed by atoms with E-state index in [1.54, 1.807) is 4.68 Å². The summed E-state index contributed by atoms with van der Waals surface area (Å²) < 4.78 is 1.81. The molecular formula is C11H13N3. The molecule has 0 amide bonds. The van der Waals surface area contributed by atoms with Crippen LogP contribution in [0, 0.1) is 0 Å². The van der Waals surface area contributed by atoms with Crippen LogP contribution >= 0.6 is 0 Å². The highest BCUT2D eigenvalue weighted by atomic mass is 15.2.